The molecule has 0 N–H and O–H groups in total. The van der Waals surface area contributed by atoms with E-state index in [9.17, 15) is 13.2 Å². The second-order valence-corrected chi connectivity index (χ2v) is 8.54. The van der Waals surface area contributed by atoms with Crippen molar-refractivity contribution >= 4 is 33.6 Å². The molecule has 1 aliphatic heterocycles. The number of fused-ring (bicyclic) bond motifs is 1. The van der Waals surface area contributed by atoms with Crippen molar-refractivity contribution < 1.29 is 26.9 Å². The van der Waals surface area contributed by atoms with Gasteiger partial charge in [0.05, 0.1) is 12.2 Å². The third-order valence-electron chi connectivity index (χ3n) is 4.46. The Balaban J connectivity index is 1.60. The van der Waals surface area contributed by atoms with Crippen molar-refractivity contribution in [2.75, 3.05) is 6.61 Å². The third-order valence-corrected chi connectivity index (χ3v) is 5.97. The van der Waals surface area contributed by atoms with Crippen LogP contribution in [0.2, 0.25) is 5.02 Å². The predicted molar refractivity (Wildman–Crippen MR) is 116 cm³/mol. The molecular weight excluding hydrogens is 440 g/mol. The van der Waals surface area contributed by atoms with E-state index < -0.39 is 10.1 Å². The molecule has 0 fully saturated rings. The maximum Gasteiger partial charge on any atom is 0.339 e. The van der Waals surface area contributed by atoms with Crippen molar-refractivity contribution in [3.05, 3.63) is 88.6 Å². The largest absolute Gasteiger partial charge is 0.493 e. The number of carbonyl (C=O) groups excluding carboxylic acids is 1. The Bertz CT molecular complexity index is 1280. The maximum atomic E-state index is 12.7. The first-order chi connectivity index (χ1) is 14.9. The first kappa shape index (κ1) is 21.0. The zero-order valence-corrected chi connectivity index (χ0v) is 17.9. The Morgan fingerprint density at radius 3 is 2.52 bits per heavy atom. The van der Waals surface area contributed by atoms with Crippen LogP contribution in [0.4, 0.5) is 0 Å². The molecule has 0 atom stereocenters. The molecule has 0 aliphatic carbocycles. The first-order valence-electron chi connectivity index (χ1n) is 9.37. The molecular formula is C23H17ClO6S. The summed E-state index contributed by atoms with van der Waals surface area (Å²) in [6.07, 6.45) is 1.60. The van der Waals surface area contributed by atoms with Crippen LogP contribution < -0.4 is 13.7 Å². The van der Waals surface area contributed by atoms with Crippen LogP contribution in [0.15, 0.2) is 77.4 Å². The Labute approximate surface area is 184 Å². The smallest absolute Gasteiger partial charge is 0.339 e. The van der Waals surface area contributed by atoms with Gasteiger partial charge < -0.3 is 13.7 Å². The average Bonchev–Trinajstić information content (AvgIpc) is 3.04. The Morgan fingerprint density at radius 2 is 1.77 bits per heavy atom. The molecule has 0 radical (unpaired) electrons. The van der Waals surface area contributed by atoms with Crippen LogP contribution in [0.3, 0.4) is 0 Å². The third kappa shape index (κ3) is 4.42. The number of ketones is 1. The number of benzene rings is 3. The minimum absolute atomic E-state index is 0.0254. The van der Waals surface area contributed by atoms with Gasteiger partial charge >= 0.3 is 10.1 Å². The normalized spacial score (nSPS) is 14.3. The van der Waals surface area contributed by atoms with E-state index in [1.807, 2.05) is 25.1 Å². The lowest BCUT2D eigenvalue weighted by molar-refractivity contribution is 0.101. The van der Waals surface area contributed by atoms with Crippen molar-refractivity contribution in [3.63, 3.8) is 0 Å². The highest BCUT2D eigenvalue weighted by molar-refractivity contribution is 7.87. The second kappa shape index (κ2) is 8.45. The number of ether oxygens (including phenoxy) is 2. The van der Waals surface area contributed by atoms with Gasteiger partial charge in [0.15, 0.2) is 5.76 Å². The van der Waals surface area contributed by atoms with E-state index in [-0.39, 0.29) is 27.9 Å². The minimum Gasteiger partial charge on any atom is -0.493 e. The van der Waals surface area contributed by atoms with Crippen molar-refractivity contribution in [2.45, 2.75) is 11.8 Å². The van der Waals surface area contributed by atoms with Crippen molar-refractivity contribution in [1.82, 2.24) is 0 Å². The fourth-order valence-corrected chi connectivity index (χ4v) is 4.07. The van der Waals surface area contributed by atoms with Gasteiger partial charge in [-0.25, -0.2) is 0 Å². The Kier molecular flexibility index (Phi) is 5.71. The number of hydrogen-bond donors (Lipinski definition) is 0. The molecule has 4 rings (SSSR count). The summed E-state index contributed by atoms with van der Waals surface area (Å²) in [5, 5.41) is 0.411. The van der Waals surface area contributed by atoms with Crippen LogP contribution in [0.1, 0.15) is 22.8 Å². The van der Waals surface area contributed by atoms with Gasteiger partial charge in [-0.3, -0.25) is 4.79 Å². The number of hydrogen-bond acceptors (Lipinski definition) is 6. The molecule has 0 aromatic heterocycles. The van der Waals surface area contributed by atoms with Crippen LogP contribution in [0, 0.1) is 0 Å². The molecule has 0 unspecified atom stereocenters. The summed E-state index contributed by atoms with van der Waals surface area (Å²) >= 11 is 5.80. The number of para-hydroxylation sites is 1. The number of allylic oxidation sites excluding steroid dienone is 1. The zero-order chi connectivity index (χ0) is 22.0. The number of rotatable bonds is 6. The molecule has 0 spiro atoms. The molecule has 3 aromatic carbocycles. The average molecular weight is 457 g/mol. The molecule has 1 heterocycles. The molecule has 0 amide bonds. The Morgan fingerprint density at radius 1 is 1.03 bits per heavy atom. The van der Waals surface area contributed by atoms with Gasteiger partial charge in [-0.15, -0.1) is 0 Å². The van der Waals surface area contributed by atoms with E-state index in [1.165, 1.54) is 42.5 Å². The summed E-state index contributed by atoms with van der Waals surface area (Å²) in [6.45, 7) is 2.36. The van der Waals surface area contributed by atoms with Crippen LogP contribution in [-0.2, 0) is 10.1 Å². The fraction of sp³-hybridized carbons (Fsp3) is 0.0870. The SMILES string of the molecule is CCOc1ccccc1C=C1Oc2cc(OS(=O)(=O)c3ccc(Cl)cc3)ccc2C1=O. The molecule has 3 aromatic rings. The van der Waals surface area contributed by atoms with E-state index in [0.717, 1.165) is 0 Å². The molecule has 8 heteroatoms. The van der Waals surface area contributed by atoms with Crippen molar-refractivity contribution in [2.24, 2.45) is 0 Å². The topological polar surface area (TPSA) is 78.9 Å². The summed E-state index contributed by atoms with van der Waals surface area (Å²) in [6, 6.07) is 17.1. The quantitative estimate of drug-likeness (QED) is 0.378. The molecule has 158 valence electrons. The maximum absolute atomic E-state index is 12.7. The highest BCUT2D eigenvalue weighted by atomic mass is 35.5. The van der Waals surface area contributed by atoms with Gasteiger partial charge in [0, 0.05) is 16.7 Å². The molecule has 0 saturated carbocycles. The highest BCUT2D eigenvalue weighted by Crippen LogP contribution is 2.36. The molecule has 6 nitrogen and oxygen atoms in total. The lowest BCUT2D eigenvalue weighted by Crippen LogP contribution is -2.09. The van der Waals surface area contributed by atoms with Crippen LogP contribution in [-0.4, -0.2) is 20.8 Å². The fourth-order valence-electron chi connectivity index (χ4n) is 3.02. The van der Waals surface area contributed by atoms with E-state index in [0.29, 0.717) is 28.5 Å². The lowest BCUT2D eigenvalue weighted by atomic mass is 10.1. The number of halogens is 1. The van der Waals surface area contributed by atoms with Gasteiger partial charge in [-0.2, -0.15) is 8.42 Å². The van der Waals surface area contributed by atoms with Crippen LogP contribution in [0.25, 0.3) is 6.08 Å². The minimum atomic E-state index is -4.07. The van der Waals surface area contributed by atoms with Gasteiger partial charge in [0.25, 0.3) is 0 Å². The molecule has 31 heavy (non-hydrogen) atoms. The monoisotopic (exact) mass is 456 g/mol. The first-order valence-corrected chi connectivity index (χ1v) is 11.2. The van der Waals surface area contributed by atoms with Crippen LogP contribution in [0.5, 0.6) is 17.2 Å². The van der Waals surface area contributed by atoms with Crippen LogP contribution >= 0.6 is 11.6 Å². The summed E-state index contributed by atoms with van der Waals surface area (Å²) < 4.78 is 41.4. The van der Waals surface area contributed by atoms with Crippen molar-refractivity contribution in [3.8, 4) is 17.2 Å². The number of Topliss-reactive ketones (excluding diaryl/α,β-unsaturated/α-hetero) is 1. The van der Waals surface area contributed by atoms with Crippen molar-refractivity contribution in [1.29, 1.82) is 0 Å². The van der Waals surface area contributed by atoms with Gasteiger partial charge in [-0.1, -0.05) is 29.8 Å². The summed E-state index contributed by atoms with van der Waals surface area (Å²) in [5.41, 5.74) is 1.01. The predicted octanol–water partition coefficient (Wildman–Crippen LogP) is 5.12. The zero-order valence-electron chi connectivity index (χ0n) is 16.4. The lowest BCUT2D eigenvalue weighted by Gasteiger charge is -2.08. The standard InChI is InChI=1S/C23H17ClO6S/c1-2-28-20-6-4-3-5-15(20)13-22-23(25)19-12-9-17(14-21(19)29-22)30-31(26,27)18-10-7-16(24)8-11-18/h3-14H,2H2,1H3. The molecule has 0 saturated heterocycles. The van der Waals surface area contributed by atoms with E-state index in [2.05, 4.69) is 0 Å². The Hall–Kier alpha value is -3.29. The van der Waals surface area contributed by atoms with E-state index >= 15 is 0 Å². The second-order valence-electron chi connectivity index (χ2n) is 6.56. The molecule has 1 aliphatic rings. The van der Waals surface area contributed by atoms with E-state index in [4.69, 9.17) is 25.3 Å². The summed E-state index contributed by atoms with van der Waals surface area (Å²) in [7, 11) is -4.07. The number of carbonyl (C=O) groups is 1. The van der Waals surface area contributed by atoms with Gasteiger partial charge in [0.1, 0.15) is 22.1 Å². The molecule has 0 bridgehead atoms. The summed E-state index contributed by atoms with van der Waals surface area (Å²) in [4.78, 5) is 12.7. The van der Waals surface area contributed by atoms with Gasteiger partial charge in [0.2, 0.25) is 5.78 Å². The van der Waals surface area contributed by atoms with E-state index in [1.54, 1.807) is 12.1 Å². The summed E-state index contributed by atoms with van der Waals surface area (Å²) in [5.74, 6) is 0.669. The van der Waals surface area contributed by atoms with Gasteiger partial charge in [-0.05, 0) is 55.5 Å². The highest BCUT2D eigenvalue weighted by Gasteiger charge is 2.29.